The second-order valence-electron chi connectivity index (χ2n) is 11.1. The molecule has 0 amide bonds. The third-order valence-electron chi connectivity index (χ3n) is 8.73. The Morgan fingerprint density at radius 3 is 2.58 bits per heavy atom. The van der Waals surface area contributed by atoms with E-state index in [1.807, 2.05) is 6.92 Å². The lowest BCUT2D eigenvalue weighted by Crippen LogP contribution is -2.30. The number of benzene rings is 2. The molecule has 0 saturated heterocycles. The van der Waals surface area contributed by atoms with Gasteiger partial charge < -0.3 is 0 Å². The normalized spacial score (nSPS) is 25.5. The van der Waals surface area contributed by atoms with Crippen LogP contribution in [0.15, 0.2) is 42.5 Å². The average Bonchev–Trinajstić information content (AvgIpc) is 2.83. The number of hydrogen-bond acceptors (Lipinski definition) is 0. The number of allylic oxidation sites excluding steroid dienone is 2. The summed E-state index contributed by atoms with van der Waals surface area (Å²) in [6.07, 6.45) is 23.0. The molecule has 0 spiro atoms. The highest BCUT2D eigenvalue weighted by Gasteiger charge is 2.35. The van der Waals surface area contributed by atoms with Gasteiger partial charge in [0.1, 0.15) is 5.82 Å². The van der Waals surface area contributed by atoms with Crippen LogP contribution in [0.1, 0.15) is 114 Å². The van der Waals surface area contributed by atoms with Gasteiger partial charge in [-0.25, -0.2) is 4.39 Å². The lowest BCUT2D eigenvalue weighted by atomic mass is 9.63. The minimum absolute atomic E-state index is 0.0436. The van der Waals surface area contributed by atoms with Crippen molar-refractivity contribution in [2.75, 3.05) is 0 Å². The Balaban J connectivity index is 1.34. The first-order chi connectivity index (χ1) is 16.2. The number of aryl methyl sites for hydroxylation is 1. The molecule has 33 heavy (non-hydrogen) atoms. The van der Waals surface area contributed by atoms with Gasteiger partial charge in [-0.1, -0.05) is 82.2 Å². The molecule has 0 aliphatic heterocycles. The van der Waals surface area contributed by atoms with E-state index in [4.69, 9.17) is 0 Å². The van der Waals surface area contributed by atoms with Gasteiger partial charge in [-0.3, -0.25) is 0 Å². The SMILES string of the molecule is C/C=C/CCc1cc(F)c2cc(C3CCC4CC(CCCCCCC)CCC4C3)ccc2c1. The fourth-order valence-electron chi connectivity index (χ4n) is 6.79. The van der Waals surface area contributed by atoms with E-state index in [-0.39, 0.29) is 5.82 Å². The van der Waals surface area contributed by atoms with Crippen LogP contribution in [0, 0.1) is 23.6 Å². The molecule has 2 saturated carbocycles. The van der Waals surface area contributed by atoms with Gasteiger partial charge in [-0.15, -0.1) is 0 Å². The molecule has 1 heteroatoms. The largest absolute Gasteiger partial charge is 0.206 e. The van der Waals surface area contributed by atoms with Crippen molar-refractivity contribution in [3.63, 3.8) is 0 Å². The molecule has 4 atom stereocenters. The van der Waals surface area contributed by atoms with Crippen molar-refractivity contribution in [1.29, 1.82) is 0 Å². The molecule has 2 aromatic rings. The first-order valence-corrected chi connectivity index (χ1v) is 14.0. The van der Waals surface area contributed by atoms with Gasteiger partial charge in [-0.2, -0.15) is 0 Å². The van der Waals surface area contributed by atoms with Crippen LogP contribution < -0.4 is 0 Å². The van der Waals surface area contributed by atoms with E-state index in [0.717, 1.165) is 46.9 Å². The minimum Gasteiger partial charge on any atom is -0.206 e. The van der Waals surface area contributed by atoms with E-state index in [9.17, 15) is 4.39 Å². The quantitative estimate of drug-likeness (QED) is 0.250. The van der Waals surface area contributed by atoms with Gasteiger partial charge in [0.05, 0.1) is 0 Å². The summed E-state index contributed by atoms with van der Waals surface area (Å²) in [6, 6.07) is 10.6. The Hall–Kier alpha value is -1.63. The molecular weight excluding hydrogens is 403 g/mol. The Bertz CT molecular complexity index is 910. The highest BCUT2D eigenvalue weighted by molar-refractivity contribution is 5.84. The summed E-state index contributed by atoms with van der Waals surface area (Å²) in [5.41, 5.74) is 2.48. The summed E-state index contributed by atoms with van der Waals surface area (Å²) in [5.74, 6) is 3.41. The maximum Gasteiger partial charge on any atom is 0.131 e. The minimum atomic E-state index is -0.0436. The molecule has 4 unspecified atom stereocenters. The third-order valence-corrected chi connectivity index (χ3v) is 8.73. The summed E-state index contributed by atoms with van der Waals surface area (Å²) in [7, 11) is 0. The molecule has 2 aliphatic carbocycles. The molecule has 0 N–H and O–H groups in total. The predicted octanol–water partition coefficient (Wildman–Crippen LogP) is 10.1. The summed E-state index contributed by atoms with van der Waals surface area (Å²) in [5, 5.41) is 1.87. The lowest BCUT2D eigenvalue weighted by Gasteiger charge is -2.42. The van der Waals surface area contributed by atoms with Crippen molar-refractivity contribution < 1.29 is 4.39 Å². The Morgan fingerprint density at radius 1 is 0.909 bits per heavy atom. The fourth-order valence-corrected chi connectivity index (χ4v) is 6.79. The second kappa shape index (κ2) is 12.2. The number of unbranched alkanes of at least 4 members (excludes halogenated alkanes) is 4. The molecule has 2 aliphatic rings. The summed E-state index contributed by atoms with van der Waals surface area (Å²) >= 11 is 0. The fraction of sp³-hybridized carbons (Fsp3) is 0.625. The van der Waals surface area contributed by atoms with Gasteiger partial charge in [0.15, 0.2) is 0 Å². The van der Waals surface area contributed by atoms with Crippen LogP contribution in [-0.4, -0.2) is 0 Å². The standard InChI is InChI=1S/C32H45F/c1-3-5-7-8-10-11-24-13-14-27-22-28(16-15-26(27)19-24)29-17-18-30-20-25(12-9-6-4-2)21-32(33)31(30)23-29/h4,6,17-18,20-21,23-24,26-28H,3,5,7-16,19,22H2,1-2H3/b6-4+. The van der Waals surface area contributed by atoms with Gasteiger partial charge in [0.25, 0.3) is 0 Å². The Morgan fingerprint density at radius 2 is 1.73 bits per heavy atom. The summed E-state index contributed by atoms with van der Waals surface area (Å²) in [6.45, 7) is 4.34. The zero-order valence-electron chi connectivity index (χ0n) is 21.1. The zero-order chi connectivity index (χ0) is 23.0. The van der Waals surface area contributed by atoms with Crippen LogP contribution >= 0.6 is 0 Å². The number of fused-ring (bicyclic) bond motifs is 2. The molecule has 2 aromatic carbocycles. The summed E-state index contributed by atoms with van der Waals surface area (Å²) in [4.78, 5) is 0. The van der Waals surface area contributed by atoms with Crippen LogP contribution in [0.25, 0.3) is 10.8 Å². The topological polar surface area (TPSA) is 0 Å². The van der Waals surface area contributed by atoms with Gasteiger partial charge in [0, 0.05) is 5.39 Å². The number of halogens is 1. The van der Waals surface area contributed by atoms with Crippen LogP contribution in [0.4, 0.5) is 4.39 Å². The molecule has 0 nitrogen and oxygen atoms in total. The zero-order valence-corrected chi connectivity index (χ0v) is 21.1. The third kappa shape index (κ3) is 6.49. The highest BCUT2D eigenvalue weighted by Crippen LogP contribution is 2.48. The summed E-state index contributed by atoms with van der Waals surface area (Å²) < 4.78 is 15.0. The van der Waals surface area contributed by atoms with Crippen molar-refractivity contribution in [2.24, 2.45) is 17.8 Å². The molecule has 4 rings (SSSR count). The monoisotopic (exact) mass is 448 g/mol. The predicted molar refractivity (Wildman–Crippen MR) is 141 cm³/mol. The molecular formula is C32H45F. The van der Waals surface area contributed by atoms with Gasteiger partial charge in [0.2, 0.25) is 0 Å². The van der Waals surface area contributed by atoms with Crippen molar-refractivity contribution in [1.82, 2.24) is 0 Å². The highest BCUT2D eigenvalue weighted by atomic mass is 19.1. The van der Waals surface area contributed by atoms with E-state index < -0.39 is 0 Å². The van der Waals surface area contributed by atoms with Crippen LogP contribution in [0.5, 0.6) is 0 Å². The average molecular weight is 449 g/mol. The van der Waals surface area contributed by atoms with E-state index in [0.29, 0.717) is 5.92 Å². The van der Waals surface area contributed by atoms with Gasteiger partial charge >= 0.3 is 0 Å². The number of rotatable bonds is 10. The van der Waals surface area contributed by atoms with E-state index in [2.05, 4.69) is 43.3 Å². The van der Waals surface area contributed by atoms with E-state index in [1.165, 1.54) is 82.6 Å². The second-order valence-corrected chi connectivity index (χ2v) is 11.1. The van der Waals surface area contributed by atoms with Crippen LogP contribution in [0.3, 0.4) is 0 Å². The smallest absolute Gasteiger partial charge is 0.131 e. The molecule has 180 valence electrons. The van der Waals surface area contributed by atoms with Crippen molar-refractivity contribution in [2.45, 2.75) is 110 Å². The van der Waals surface area contributed by atoms with Crippen LogP contribution in [0.2, 0.25) is 0 Å². The molecule has 0 radical (unpaired) electrons. The Kier molecular flexibility index (Phi) is 9.04. The van der Waals surface area contributed by atoms with Crippen molar-refractivity contribution >= 4 is 10.8 Å². The molecule has 2 fully saturated rings. The first-order valence-electron chi connectivity index (χ1n) is 14.0. The van der Waals surface area contributed by atoms with Crippen molar-refractivity contribution in [3.8, 4) is 0 Å². The molecule has 0 bridgehead atoms. The molecule has 0 heterocycles. The van der Waals surface area contributed by atoms with E-state index in [1.54, 1.807) is 6.07 Å². The van der Waals surface area contributed by atoms with Crippen LogP contribution in [-0.2, 0) is 6.42 Å². The maximum atomic E-state index is 15.0. The maximum absolute atomic E-state index is 15.0. The van der Waals surface area contributed by atoms with Gasteiger partial charge in [-0.05, 0) is 104 Å². The lowest BCUT2D eigenvalue weighted by molar-refractivity contribution is 0.113. The molecule has 0 aromatic heterocycles. The first kappa shape index (κ1) is 24.5. The van der Waals surface area contributed by atoms with Crippen molar-refractivity contribution in [3.05, 3.63) is 59.4 Å². The Labute approximate surface area is 202 Å². The number of hydrogen-bond donors (Lipinski definition) is 0. The van der Waals surface area contributed by atoms with E-state index >= 15 is 0 Å².